The second-order valence-electron chi connectivity index (χ2n) is 6.48. The lowest BCUT2D eigenvalue weighted by Gasteiger charge is -2.30. The summed E-state index contributed by atoms with van der Waals surface area (Å²) >= 11 is 3.22. The molecule has 1 aliphatic carbocycles. The zero-order chi connectivity index (χ0) is 15.9. The number of halogens is 1. The topological polar surface area (TPSA) is 68.0 Å². The summed E-state index contributed by atoms with van der Waals surface area (Å²) < 4.78 is 5.83. The minimum Gasteiger partial charge on any atom is -0.454 e. The SMILES string of the molecule is Cc1oc(Br)cc1C(=O)Nc1ncc2c(n1)CCC(C)(C)C2. The van der Waals surface area contributed by atoms with Crippen molar-refractivity contribution >= 4 is 27.8 Å². The van der Waals surface area contributed by atoms with E-state index in [0.717, 1.165) is 25.0 Å². The fraction of sp³-hybridized carbons (Fsp3) is 0.438. The first-order chi connectivity index (χ1) is 10.3. The Morgan fingerprint density at radius 3 is 2.91 bits per heavy atom. The minimum absolute atomic E-state index is 0.261. The maximum Gasteiger partial charge on any atom is 0.261 e. The summed E-state index contributed by atoms with van der Waals surface area (Å²) in [7, 11) is 0. The van der Waals surface area contributed by atoms with Crippen LogP contribution in [-0.4, -0.2) is 15.9 Å². The number of amides is 1. The number of nitrogens with zero attached hydrogens (tertiary/aromatic N) is 2. The molecular formula is C16H18BrN3O2. The molecule has 1 N–H and O–H groups in total. The predicted octanol–water partition coefficient (Wildman–Crippen LogP) is 3.91. The highest BCUT2D eigenvalue weighted by Crippen LogP contribution is 2.33. The van der Waals surface area contributed by atoms with Gasteiger partial charge in [-0.15, -0.1) is 0 Å². The van der Waals surface area contributed by atoms with Crippen LogP contribution in [0.15, 0.2) is 21.3 Å². The average molecular weight is 364 g/mol. The van der Waals surface area contributed by atoms with Crippen LogP contribution in [-0.2, 0) is 12.8 Å². The highest BCUT2D eigenvalue weighted by Gasteiger charge is 2.26. The number of anilines is 1. The van der Waals surface area contributed by atoms with E-state index in [2.05, 4.69) is 45.1 Å². The Balaban J connectivity index is 1.79. The summed E-state index contributed by atoms with van der Waals surface area (Å²) in [6.07, 6.45) is 4.82. The summed E-state index contributed by atoms with van der Waals surface area (Å²) in [6, 6.07) is 1.64. The molecule has 2 aromatic heterocycles. The van der Waals surface area contributed by atoms with Gasteiger partial charge < -0.3 is 4.42 Å². The normalized spacial score (nSPS) is 16.2. The van der Waals surface area contributed by atoms with Crippen LogP contribution < -0.4 is 5.32 Å². The van der Waals surface area contributed by atoms with Gasteiger partial charge in [-0.2, -0.15) is 0 Å². The van der Waals surface area contributed by atoms with Crippen molar-refractivity contribution in [3.05, 3.63) is 39.5 Å². The van der Waals surface area contributed by atoms with Crippen LogP contribution >= 0.6 is 15.9 Å². The maximum atomic E-state index is 12.2. The molecule has 6 heteroatoms. The molecule has 2 aromatic rings. The molecule has 0 aliphatic heterocycles. The van der Waals surface area contributed by atoms with E-state index in [-0.39, 0.29) is 5.91 Å². The summed E-state index contributed by atoms with van der Waals surface area (Å²) in [6.45, 7) is 6.26. The Morgan fingerprint density at radius 2 is 2.23 bits per heavy atom. The van der Waals surface area contributed by atoms with E-state index >= 15 is 0 Å². The first-order valence-corrected chi connectivity index (χ1v) is 8.05. The minimum atomic E-state index is -0.261. The van der Waals surface area contributed by atoms with Gasteiger partial charge >= 0.3 is 0 Å². The third kappa shape index (κ3) is 3.06. The Hall–Kier alpha value is -1.69. The zero-order valence-corrected chi connectivity index (χ0v) is 14.5. The van der Waals surface area contributed by atoms with Crippen molar-refractivity contribution in [3.63, 3.8) is 0 Å². The largest absolute Gasteiger partial charge is 0.454 e. The number of fused-ring (bicyclic) bond motifs is 1. The molecular weight excluding hydrogens is 346 g/mol. The Kier molecular flexibility index (Phi) is 3.80. The van der Waals surface area contributed by atoms with E-state index in [1.807, 2.05) is 6.20 Å². The molecule has 0 aromatic carbocycles. The molecule has 5 nitrogen and oxygen atoms in total. The standard InChI is InChI=1S/C16H18BrN3O2/c1-9-11(6-13(17)22-9)14(21)20-15-18-8-10-7-16(2,3)5-4-12(10)19-15/h6,8H,4-5,7H2,1-3H3,(H,18,19,20,21). The second kappa shape index (κ2) is 5.50. The van der Waals surface area contributed by atoms with E-state index < -0.39 is 0 Å². The van der Waals surface area contributed by atoms with Crippen molar-refractivity contribution in [2.75, 3.05) is 5.32 Å². The molecule has 1 amide bonds. The maximum absolute atomic E-state index is 12.2. The van der Waals surface area contributed by atoms with Crippen LogP contribution in [0, 0.1) is 12.3 Å². The van der Waals surface area contributed by atoms with Crippen LogP contribution in [0.2, 0.25) is 0 Å². The lowest BCUT2D eigenvalue weighted by atomic mass is 9.76. The molecule has 116 valence electrons. The van der Waals surface area contributed by atoms with Gasteiger partial charge in [-0.25, -0.2) is 9.97 Å². The van der Waals surface area contributed by atoms with Gasteiger partial charge in [0.1, 0.15) is 5.76 Å². The summed E-state index contributed by atoms with van der Waals surface area (Å²) in [5, 5.41) is 2.74. The van der Waals surface area contributed by atoms with Gasteiger partial charge in [0.25, 0.3) is 5.91 Å². The molecule has 0 saturated heterocycles. The molecule has 0 atom stereocenters. The molecule has 0 saturated carbocycles. The highest BCUT2D eigenvalue weighted by molar-refractivity contribution is 9.10. The van der Waals surface area contributed by atoms with E-state index in [1.54, 1.807) is 13.0 Å². The average Bonchev–Trinajstić information content (AvgIpc) is 2.77. The lowest BCUT2D eigenvalue weighted by molar-refractivity contribution is 0.102. The fourth-order valence-electron chi connectivity index (χ4n) is 2.77. The van der Waals surface area contributed by atoms with Crippen LogP contribution in [0.5, 0.6) is 0 Å². The third-order valence-corrected chi connectivity index (χ3v) is 4.41. The van der Waals surface area contributed by atoms with Gasteiger partial charge in [0.2, 0.25) is 5.95 Å². The highest BCUT2D eigenvalue weighted by atomic mass is 79.9. The number of nitrogens with one attached hydrogen (secondary N) is 1. The fourth-order valence-corrected chi connectivity index (χ4v) is 3.24. The van der Waals surface area contributed by atoms with Crippen molar-refractivity contribution in [1.82, 2.24) is 9.97 Å². The van der Waals surface area contributed by atoms with Gasteiger partial charge in [-0.1, -0.05) is 13.8 Å². The van der Waals surface area contributed by atoms with Gasteiger partial charge in [-0.3, -0.25) is 10.1 Å². The van der Waals surface area contributed by atoms with Gasteiger partial charge in [0.15, 0.2) is 4.67 Å². The summed E-state index contributed by atoms with van der Waals surface area (Å²) in [5.41, 5.74) is 2.99. The van der Waals surface area contributed by atoms with Crippen molar-refractivity contribution in [2.45, 2.75) is 40.0 Å². The Bertz CT molecular complexity index is 737. The van der Waals surface area contributed by atoms with Gasteiger partial charge in [-0.05, 0) is 53.1 Å². The third-order valence-electron chi connectivity index (χ3n) is 4.02. The number of aromatic nitrogens is 2. The molecule has 0 unspecified atom stereocenters. The number of hydrogen-bond acceptors (Lipinski definition) is 4. The van der Waals surface area contributed by atoms with Crippen molar-refractivity contribution < 1.29 is 9.21 Å². The molecule has 1 aliphatic rings. The molecule has 3 rings (SSSR count). The van der Waals surface area contributed by atoms with E-state index in [9.17, 15) is 4.79 Å². The smallest absolute Gasteiger partial charge is 0.261 e. The van der Waals surface area contributed by atoms with Crippen molar-refractivity contribution in [2.24, 2.45) is 5.41 Å². The van der Waals surface area contributed by atoms with Crippen LogP contribution in [0.4, 0.5) is 5.95 Å². The number of aryl methyl sites for hydroxylation is 2. The number of furan rings is 1. The summed E-state index contributed by atoms with van der Waals surface area (Å²) in [5.74, 6) is 0.646. The van der Waals surface area contributed by atoms with E-state index in [1.165, 1.54) is 5.56 Å². The lowest BCUT2D eigenvalue weighted by Crippen LogP contribution is -2.24. The van der Waals surface area contributed by atoms with Gasteiger partial charge in [0, 0.05) is 18.0 Å². The molecule has 0 bridgehead atoms. The van der Waals surface area contributed by atoms with Crippen LogP contribution in [0.1, 0.15) is 47.6 Å². The van der Waals surface area contributed by atoms with E-state index in [4.69, 9.17) is 4.42 Å². The molecule has 0 spiro atoms. The first-order valence-electron chi connectivity index (χ1n) is 7.26. The molecule has 0 radical (unpaired) electrons. The quantitative estimate of drug-likeness (QED) is 0.877. The number of carbonyl (C=O) groups is 1. The van der Waals surface area contributed by atoms with Crippen molar-refractivity contribution in [1.29, 1.82) is 0 Å². The van der Waals surface area contributed by atoms with Crippen molar-refractivity contribution in [3.8, 4) is 0 Å². The first kappa shape index (κ1) is 15.2. The monoisotopic (exact) mass is 363 g/mol. The van der Waals surface area contributed by atoms with Crippen LogP contribution in [0.25, 0.3) is 0 Å². The number of carbonyl (C=O) groups excluding carboxylic acids is 1. The Morgan fingerprint density at radius 1 is 1.45 bits per heavy atom. The Labute approximate surface area is 137 Å². The molecule has 22 heavy (non-hydrogen) atoms. The van der Waals surface area contributed by atoms with Gasteiger partial charge in [0.05, 0.1) is 5.56 Å². The van der Waals surface area contributed by atoms with E-state index in [0.29, 0.717) is 27.4 Å². The second-order valence-corrected chi connectivity index (χ2v) is 7.26. The van der Waals surface area contributed by atoms with Crippen LogP contribution in [0.3, 0.4) is 0 Å². The molecule has 0 fully saturated rings. The number of rotatable bonds is 2. The number of hydrogen-bond donors (Lipinski definition) is 1. The predicted molar refractivity (Wildman–Crippen MR) is 86.9 cm³/mol. The molecule has 2 heterocycles. The summed E-state index contributed by atoms with van der Waals surface area (Å²) in [4.78, 5) is 21.0. The zero-order valence-electron chi connectivity index (χ0n) is 12.9.